The van der Waals surface area contributed by atoms with Crippen LogP contribution in [0.2, 0.25) is 0 Å². The largest absolute Gasteiger partial charge is 0.487 e. The number of hydrogen-bond acceptors (Lipinski definition) is 3. The van der Waals surface area contributed by atoms with E-state index in [0.29, 0.717) is 4.48 Å². The van der Waals surface area contributed by atoms with E-state index in [0.717, 1.165) is 38.0 Å². The number of hydrogen-bond donors (Lipinski definition) is 0. The summed E-state index contributed by atoms with van der Waals surface area (Å²) in [5.74, 6) is 0.749. The standard InChI is InChI=1S/C37H60NO3/c1-6-9-10-11-12-13-14-15-16-17-19-24-32-27-22-28-35(29-32)41-34(8-3)31-40-37(39)36(23-7-2)38(4,5)30-33-25-20-18-21-26-33/h18,20-22,25-29,34,36H,6-17,19,23-24,30-31H2,1-5H3/q+1. The molecule has 0 spiro atoms. The number of carbonyl (C=O) groups is 1. The number of unbranched alkanes of at least 4 members (excludes halogenated alkanes) is 10. The van der Waals surface area contributed by atoms with E-state index in [1.54, 1.807) is 0 Å². The lowest BCUT2D eigenvalue weighted by atomic mass is 10.0. The maximum atomic E-state index is 13.3. The quantitative estimate of drug-likeness (QED) is 0.0763. The van der Waals surface area contributed by atoms with Crippen molar-refractivity contribution in [1.82, 2.24) is 0 Å². The van der Waals surface area contributed by atoms with E-state index >= 15 is 0 Å². The van der Waals surface area contributed by atoms with Crippen LogP contribution in [0, 0.1) is 0 Å². The van der Waals surface area contributed by atoms with Crippen LogP contribution in [0.1, 0.15) is 122 Å². The number of ether oxygens (including phenoxy) is 2. The van der Waals surface area contributed by atoms with Crippen molar-refractivity contribution in [2.45, 2.75) is 136 Å². The molecule has 2 atom stereocenters. The molecule has 0 saturated heterocycles. The van der Waals surface area contributed by atoms with E-state index < -0.39 is 0 Å². The number of nitrogens with zero attached hydrogens (tertiary/aromatic N) is 1. The Morgan fingerprint density at radius 3 is 1.95 bits per heavy atom. The van der Waals surface area contributed by atoms with Gasteiger partial charge in [0.1, 0.15) is 25.0 Å². The molecule has 2 unspecified atom stereocenters. The Bertz CT molecular complexity index is 942. The summed E-state index contributed by atoms with van der Waals surface area (Å²) in [4.78, 5) is 13.3. The average molecular weight is 567 g/mol. The molecule has 2 aromatic carbocycles. The van der Waals surface area contributed by atoms with Gasteiger partial charge in [-0.1, -0.05) is 127 Å². The second-order valence-corrected chi connectivity index (χ2v) is 12.4. The first-order valence-electron chi connectivity index (χ1n) is 16.7. The van der Waals surface area contributed by atoms with Crippen molar-refractivity contribution in [2.24, 2.45) is 0 Å². The van der Waals surface area contributed by atoms with Crippen LogP contribution in [0.4, 0.5) is 0 Å². The molecule has 0 aliphatic carbocycles. The summed E-state index contributed by atoms with van der Waals surface area (Å²) < 4.78 is 12.8. The Kier molecular flexibility index (Phi) is 17.5. The van der Waals surface area contributed by atoms with Crippen LogP contribution >= 0.6 is 0 Å². The molecule has 0 aliphatic rings. The van der Waals surface area contributed by atoms with E-state index in [-0.39, 0.29) is 24.7 Å². The van der Waals surface area contributed by atoms with Gasteiger partial charge >= 0.3 is 5.97 Å². The van der Waals surface area contributed by atoms with Gasteiger partial charge in [0.2, 0.25) is 0 Å². The topological polar surface area (TPSA) is 35.5 Å². The van der Waals surface area contributed by atoms with Gasteiger partial charge in [0.25, 0.3) is 0 Å². The summed E-state index contributed by atoms with van der Waals surface area (Å²) in [6.07, 6.45) is 18.5. The lowest BCUT2D eigenvalue weighted by Gasteiger charge is -2.36. The normalized spacial score (nSPS) is 13.1. The molecule has 0 heterocycles. The van der Waals surface area contributed by atoms with E-state index in [9.17, 15) is 4.79 Å². The molecule has 0 radical (unpaired) electrons. The smallest absolute Gasteiger partial charge is 0.365 e. The minimum absolute atomic E-state index is 0.125. The third-order valence-electron chi connectivity index (χ3n) is 8.25. The van der Waals surface area contributed by atoms with Gasteiger partial charge < -0.3 is 14.0 Å². The second-order valence-electron chi connectivity index (χ2n) is 12.4. The first kappa shape index (κ1) is 34.9. The highest BCUT2D eigenvalue weighted by atomic mass is 16.6. The minimum Gasteiger partial charge on any atom is -0.487 e. The number of aryl methyl sites for hydroxylation is 1. The van der Waals surface area contributed by atoms with Gasteiger partial charge in [0.15, 0.2) is 6.04 Å². The average Bonchev–Trinajstić information content (AvgIpc) is 2.97. The predicted octanol–water partition coefficient (Wildman–Crippen LogP) is 9.69. The summed E-state index contributed by atoms with van der Waals surface area (Å²) in [5.41, 5.74) is 2.56. The highest BCUT2D eigenvalue weighted by Gasteiger charge is 2.36. The summed E-state index contributed by atoms with van der Waals surface area (Å²) in [7, 11) is 4.26. The number of benzene rings is 2. The molecule has 0 bridgehead atoms. The van der Waals surface area contributed by atoms with Crippen molar-refractivity contribution in [2.75, 3.05) is 20.7 Å². The molecule has 0 fully saturated rings. The van der Waals surface area contributed by atoms with Gasteiger partial charge in [-0.2, -0.15) is 0 Å². The number of carbonyl (C=O) groups excluding carboxylic acids is 1. The predicted molar refractivity (Wildman–Crippen MR) is 173 cm³/mol. The van der Waals surface area contributed by atoms with Crippen molar-refractivity contribution in [3.63, 3.8) is 0 Å². The molecule has 0 saturated carbocycles. The zero-order valence-corrected chi connectivity index (χ0v) is 27.0. The molecule has 0 N–H and O–H groups in total. The Morgan fingerprint density at radius 2 is 1.34 bits per heavy atom. The molecule has 0 amide bonds. The Balaban J connectivity index is 1.76. The number of quaternary nitrogens is 1. The second kappa shape index (κ2) is 20.5. The fourth-order valence-electron chi connectivity index (χ4n) is 5.66. The molecule has 230 valence electrons. The molecule has 0 aromatic heterocycles. The highest BCUT2D eigenvalue weighted by molar-refractivity contribution is 5.74. The first-order valence-corrected chi connectivity index (χ1v) is 16.7. The van der Waals surface area contributed by atoms with Crippen molar-refractivity contribution in [3.8, 4) is 5.75 Å². The fourth-order valence-corrected chi connectivity index (χ4v) is 5.66. The van der Waals surface area contributed by atoms with Crippen molar-refractivity contribution in [3.05, 3.63) is 65.7 Å². The van der Waals surface area contributed by atoms with Crippen LogP contribution in [0.15, 0.2) is 54.6 Å². The Morgan fingerprint density at radius 1 is 0.732 bits per heavy atom. The maximum absolute atomic E-state index is 13.3. The van der Waals surface area contributed by atoms with Crippen molar-refractivity contribution < 1.29 is 18.8 Å². The molecule has 0 aliphatic heterocycles. The lowest BCUT2D eigenvalue weighted by Crippen LogP contribution is -2.53. The van der Waals surface area contributed by atoms with Gasteiger partial charge in [0, 0.05) is 12.0 Å². The van der Waals surface area contributed by atoms with Crippen LogP contribution in [-0.4, -0.2) is 43.3 Å². The molecule has 41 heavy (non-hydrogen) atoms. The number of rotatable bonds is 23. The lowest BCUT2D eigenvalue weighted by molar-refractivity contribution is -0.920. The van der Waals surface area contributed by atoms with Crippen molar-refractivity contribution in [1.29, 1.82) is 0 Å². The summed E-state index contributed by atoms with van der Waals surface area (Å²) in [6, 6.07) is 18.7. The zero-order valence-electron chi connectivity index (χ0n) is 27.0. The van der Waals surface area contributed by atoms with Crippen molar-refractivity contribution >= 4 is 5.97 Å². The van der Waals surface area contributed by atoms with E-state index in [1.807, 2.05) is 12.1 Å². The summed E-state index contributed by atoms with van der Waals surface area (Å²) in [6.45, 7) is 7.57. The number of esters is 1. The van der Waals surface area contributed by atoms with Gasteiger partial charge in [-0.15, -0.1) is 0 Å². The minimum atomic E-state index is -0.202. The molecule has 2 aromatic rings. The highest BCUT2D eigenvalue weighted by Crippen LogP contribution is 2.21. The first-order chi connectivity index (χ1) is 19.9. The molecular formula is C37H60NO3+. The maximum Gasteiger partial charge on any atom is 0.365 e. The van der Waals surface area contributed by atoms with E-state index in [4.69, 9.17) is 9.47 Å². The van der Waals surface area contributed by atoms with Crippen LogP contribution in [0.25, 0.3) is 0 Å². The Labute approximate surface area is 252 Å². The van der Waals surface area contributed by atoms with Crippen LogP contribution in [0.5, 0.6) is 5.75 Å². The van der Waals surface area contributed by atoms with Crippen LogP contribution in [-0.2, 0) is 22.5 Å². The third kappa shape index (κ3) is 14.4. The molecule has 4 nitrogen and oxygen atoms in total. The summed E-state index contributed by atoms with van der Waals surface area (Å²) >= 11 is 0. The van der Waals surface area contributed by atoms with E-state index in [1.165, 1.54) is 81.8 Å². The molecule has 2 rings (SSSR count). The van der Waals surface area contributed by atoms with Gasteiger partial charge in [0.05, 0.1) is 14.1 Å². The monoisotopic (exact) mass is 566 g/mol. The van der Waals surface area contributed by atoms with Gasteiger partial charge in [-0.05, 0) is 43.4 Å². The zero-order chi connectivity index (χ0) is 29.8. The van der Waals surface area contributed by atoms with Gasteiger partial charge in [-0.25, -0.2) is 4.79 Å². The summed E-state index contributed by atoms with van der Waals surface area (Å²) in [5, 5.41) is 0. The van der Waals surface area contributed by atoms with Crippen LogP contribution < -0.4 is 4.74 Å². The number of likely N-dealkylation sites (N-methyl/N-ethyl adjacent to an activating group) is 1. The van der Waals surface area contributed by atoms with E-state index in [2.05, 4.69) is 77.3 Å². The third-order valence-corrected chi connectivity index (χ3v) is 8.25. The Hall–Kier alpha value is -2.33. The molecular weight excluding hydrogens is 506 g/mol. The van der Waals surface area contributed by atoms with Gasteiger partial charge in [-0.3, -0.25) is 0 Å². The molecule has 4 heteroatoms. The SMILES string of the molecule is CCCCCCCCCCCCCc1cccc(OC(CC)COC(=O)C(CCC)[N+](C)(C)Cc2ccccc2)c1. The fraction of sp³-hybridized carbons (Fsp3) is 0.649. The van der Waals surface area contributed by atoms with Crippen LogP contribution in [0.3, 0.4) is 0 Å².